The Hall–Kier alpha value is -1.55. The van der Waals surface area contributed by atoms with Crippen LogP contribution < -0.4 is 10.6 Å². The fourth-order valence-electron chi connectivity index (χ4n) is 3.21. The van der Waals surface area contributed by atoms with Gasteiger partial charge in [0.2, 0.25) is 5.91 Å². The number of rotatable bonds is 3. The van der Waals surface area contributed by atoms with Gasteiger partial charge in [0, 0.05) is 24.3 Å². The van der Waals surface area contributed by atoms with Crippen molar-refractivity contribution < 1.29 is 4.79 Å². The number of hydrogen-bond acceptors (Lipinski definition) is 3. The van der Waals surface area contributed by atoms with Crippen LogP contribution in [0.2, 0.25) is 0 Å². The average molecular weight is 259 g/mol. The van der Waals surface area contributed by atoms with E-state index in [1.165, 1.54) is 6.42 Å². The Morgan fingerprint density at radius 2 is 2.00 bits per heavy atom. The third-order valence-corrected chi connectivity index (χ3v) is 4.16. The molecule has 2 aliphatic heterocycles. The molecule has 1 amide bonds. The molecule has 2 heterocycles. The van der Waals surface area contributed by atoms with Crippen LogP contribution in [-0.4, -0.2) is 42.5 Å². The third-order valence-electron chi connectivity index (χ3n) is 4.16. The molecule has 2 fully saturated rings. The van der Waals surface area contributed by atoms with Gasteiger partial charge < -0.3 is 15.5 Å². The first-order chi connectivity index (χ1) is 9.34. The Labute approximate surface area is 114 Å². The molecule has 3 rings (SSSR count). The lowest BCUT2D eigenvalue weighted by Gasteiger charge is -2.28. The van der Waals surface area contributed by atoms with Crippen LogP contribution in [0.25, 0.3) is 0 Å². The molecule has 2 aliphatic rings. The molecule has 0 spiro atoms. The number of amides is 1. The average Bonchev–Trinajstić information content (AvgIpc) is 2.71. The number of benzene rings is 1. The molecule has 2 saturated heterocycles. The van der Waals surface area contributed by atoms with Gasteiger partial charge in [-0.3, -0.25) is 4.79 Å². The molecular weight excluding hydrogens is 238 g/mol. The Bertz CT molecular complexity index is 420. The zero-order valence-electron chi connectivity index (χ0n) is 11.1. The summed E-state index contributed by atoms with van der Waals surface area (Å²) < 4.78 is 0. The number of anilines is 1. The summed E-state index contributed by atoms with van der Waals surface area (Å²) in [5.74, 6) is 0.236. The molecule has 2 bridgehead atoms. The monoisotopic (exact) mass is 259 g/mol. The van der Waals surface area contributed by atoms with Gasteiger partial charge in [-0.15, -0.1) is 0 Å². The summed E-state index contributed by atoms with van der Waals surface area (Å²) in [7, 11) is 0. The van der Waals surface area contributed by atoms with E-state index in [1.807, 2.05) is 30.3 Å². The van der Waals surface area contributed by atoms with Gasteiger partial charge in [-0.05, 0) is 37.9 Å². The first kappa shape index (κ1) is 12.5. The van der Waals surface area contributed by atoms with E-state index >= 15 is 0 Å². The Morgan fingerprint density at radius 1 is 1.21 bits per heavy atom. The Kier molecular flexibility index (Phi) is 3.69. The highest BCUT2D eigenvalue weighted by Crippen LogP contribution is 2.27. The van der Waals surface area contributed by atoms with Crippen LogP contribution in [0.1, 0.15) is 19.3 Å². The molecule has 2 atom stereocenters. The molecule has 1 aromatic carbocycles. The van der Waals surface area contributed by atoms with E-state index in [0.717, 1.165) is 31.6 Å². The van der Waals surface area contributed by atoms with Crippen molar-refractivity contribution in [1.82, 2.24) is 10.2 Å². The molecule has 102 valence electrons. The predicted octanol–water partition coefficient (Wildman–Crippen LogP) is 1.45. The zero-order valence-corrected chi connectivity index (χ0v) is 11.1. The number of para-hydroxylation sites is 1. The second kappa shape index (κ2) is 5.61. The number of hydrogen-bond donors (Lipinski definition) is 2. The van der Waals surface area contributed by atoms with Gasteiger partial charge in [0.25, 0.3) is 0 Å². The SMILES string of the molecule is O=C(CNc1ccccc1)N1C2CCNCC1CC2. The molecule has 0 aromatic heterocycles. The van der Waals surface area contributed by atoms with Crippen LogP contribution in [0.3, 0.4) is 0 Å². The van der Waals surface area contributed by atoms with Crippen molar-refractivity contribution in [2.24, 2.45) is 0 Å². The fourth-order valence-corrected chi connectivity index (χ4v) is 3.21. The lowest BCUT2D eigenvalue weighted by Crippen LogP contribution is -2.45. The van der Waals surface area contributed by atoms with Gasteiger partial charge >= 0.3 is 0 Å². The first-order valence-corrected chi connectivity index (χ1v) is 7.15. The van der Waals surface area contributed by atoms with Gasteiger partial charge in [0.1, 0.15) is 0 Å². The lowest BCUT2D eigenvalue weighted by molar-refractivity contribution is -0.131. The minimum atomic E-state index is 0.236. The lowest BCUT2D eigenvalue weighted by atomic mass is 10.1. The van der Waals surface area contributed by atoms with Crippen molar-refractivity contribution in [1.29, 1.82) is 0 Å². The number of carbonyl (C=O) groups excluding carboxylic acids is 1. The quantitative estimate of drug-likeness (QED) is 0.863. The summed E-state index contributed by atoms with van der Waals surface area (Å²) in [6.07, 6.45) is 3.41. The topological polar surface area (TPSA) is 44.4 Å². The maximum Gasteiger partial charge on any atom is 0.242 e. The number of fused-ring (bicyclic) bond motifs is 2. The van der Waals surface area contributed by atoms with Crippen LogP contribution in [0, 0.1) is 0 Å². The molecule has 0 saturated carbocycles. The molecule has 0 aliphatic carbocycles. The molecule has 0 radical (unpaired) electrons. The van der Waals surface area contributed by atoms with Crippen molar-refractivity contribution in [2.45, 2.75) is 31.3 Å². The molecule has 4 nitrogen and oxygen atoms in total. The highest BCUT2D eigenvalue weighted by atomic mass is 16.2. The fraction of sp³-hybridized carbons (Fsp3) is 0.533. The van der Waals surface area contributed by atoms with Crippen molar-refractivity contribution in [3.8, 4) is 0 Å². The van der Waals surface area contributed by atoms with E-state index in [0.29, 0.717) is 18.6 Å². The number of nitrogens with zero attached hydrogens (tertiary/aromatic N) is 1. The van der Waals surface area contributed by atoms with Gasteiger partial charge in [-0.2, -0.15) is 0 Å². The van der Waals surface area contributed by atoms with Crippen LogP contribution in [0.5, 0.6) is 0 Å². The standard InChI is InChI=1S/C15H21N3O/c19-15(11-17-12-4-2-1-3-5-12)18-13-6-7-14(18)10-16-9-8-13/h1-5,13-14,16-17H,6-11H2. The maximum atomic E-state index is 12.4. The van der Waals surface area contributed by atoms with Crippen LogP contribution in [0.4, 0.5) is 5.69 Å². The van der Waals surface area contributed by atoms with E-state index in [9.17, 15) is 4.79 Å². The summed E-state index contributed by atoms with van der Waals surface area (Å²) in [6, 6.07) is 10.8. The summed E-state index contributed by atoms with van der Waals surface area (Å²) in [4.78, 5) is 14.5. The summed E-state index contributed by atoms with van der Waals surface area (Å²) in [5, 5.41) is 6.64. The summed E-state index contributed by atoms with van der Waals surface area (Å²) >= 11 is 0. The van der Waals surface area contributed by atoms with Crippen molar-refractivity contribution >= 4 is 11.6 Å². The third kappa shape index (κ3) is 2.73. The van der Waals surface area contributed by atoms with Crippen molar-refractivity contribution in [3.63, 3.8) is 0 Å². The molecule has 2 unspecified atom stereocenters. The predicted molar refractivity (Wildman–Crippen MR) is 76.1 cm³/mol. The molecule has 1 aromatic rings. The minimum absolute atomic E-state index is 0.236. The van der Waals surface area contributed by atoms with Crippen LogP contribution in [-0.2, 0) is 4.79 Å². The number of carbonyl (C=O) groups is 1. The van der Waals surface area contributed by atoms with Gasteiger partial charge in [-0.1, -0.05) is 18.2 Å². The first-order valence-electron chi connectivity index (χ1n) is 7.15. The van der Waals surface area contributed by atoms with E-state index in [2.05, 4.69) is 15.5 Å². The second-order valence-corrected chi connectivity index (χ2v) is 5.40. The largest absolute Gasteiger partial charge is 0.376 e. The highest BCUT2D eigenvalue weighted by Gasteiger charge is 2.37. The Balaban J connectivity index is 1.61. The van der Waals surface area contributed by atoms with E-state index < -0.39 is 0 Å². The van der Waals surface area contributed by atoms with E-state index in [-0.39, 0.29) is 5.91 Å². The van der Waals surface area contributed by atoms with Crippen LogP contribution in [0.15, 0.2) is 30.3 Å². The smallest absolute Gasteiger partial charge is 0.242 e. The summed E-state index contributed by atoms with van der Waals surface area (Å²) in [6.45, 7) is 2.39. The second-order valence-electron chi connectivity index (χ2n) is 5.40. The zero-order chi connectivity index (χ0) is 13.1. The molecule has 2 N–H and O–H groups in total. The Morgan fingerprint density at radius 3 is 2.84 bits per heavy atom. The van der Waals surface area contributed by atoms with E-state index in [1.54, 1.807) is 0 Å². The molecule has 4 heteroatoms. The molecular formula is C15H21N3O. The van der Waals surface area contributed by atoms with Gasteiger partial charge in [0.05, 0.1) is 6.54 Å². The minimum Gasteiger partial charge on any atom is -0.376 e. The maximum absolute atomic E-state index is 12.4. The van der Waals surface area contributed by atoms with Crippen molar-refractivity contribution in [2.75, 3.05) is 25.0 Å². The van der Waals surface area contributed by atoms with Gasteiger partial charge in [-0.25, -0.2) is 0 Å². The highest BCUT2D eigenvalue weighted by molar-refractivity contribution is 5.81. The van der Waals surface area contributed by atoms with E-state index in [4.69, 9.17) is 0 Å². The normalized spacial score (nSPS) is 26.0. The van der Waals surface area contributed by atoms with Gasteiger partial charge in [0.15, 0.2) is 0 Å². The van der Waals surface area contributed by atoms with Crippen molar-refractivity contribution in [3.05, 3.63) is 30.3 Å². The molecule has 19 heavy (non-hydrogen) atoms. The summed E-state index contributed by atoms with van der Waals surface area (Å²) in [5.41, 5.74) is 1.01. The van der Waals surface area contributed by atoms with Crippen LogP contribution >= 0.6 is 0 Å². The number of nitrogens with one attached hydrogen (secondary N) is 2.